The minimum Gasteiger partial charge on any atom is -0.507 e. The van der Waals surface area contributed by atoms with Crippen LogP contribution in [0.4, 0.5) is 5.69 Å². The molecule has 1 saturated heterocycles. The largest absolute Gasteiger partial charge is 0.507 e. The minimum atomic E-state index is -2.42. The van der Waals surface area contributed by atoms with Gasteiger partial charge in [-0.05, 0) is 70.0 Å². The summed E-state index contributed by atoms with van der Waals surface area (Å²) in [6.45, 7) is 8.75. The Morgan fingerprint density at radius 3 is 2.26 bits per heavy atom. The van der Waals surface area contributed by atoms with Crippen molar-refractivity contribution in [3.05, 3.63) is 128 Å². The van der Waals surface area contributed by atoms with Crippen molar-refractivity contribution in [2.75, 3.05) is 19.0 Å². The first-order valence-electron chi connectivity index (χ1n) is 24.8. The number of rotatable bonds is 17. The minimum absolute atomic E-state index is 0.0228. The van der Waals surface area contributed by atoms with E-state index in [0.29, 0.717) is 17.2 Å². The van der Waals surface area contributed by atoms with Gasteiger partial charge in [-0.15, -0.1) is 0 Å². The molecule has 2 heterocycles. The highest BCUT2D eigenvalue weighted by atomic mass is 16.7. The van der Waals surface area contributed by atoms with Crippen molar-refractivity contribution in [2.24, 2.45) is 5.92 Å². The van der Waals surface area contributed by atoms with Crippen molar-refractivity contribution in [2.45, 2.75) is 116 Å². The normalized spacial score (nSPS) is 21.4. The molecule has 5 aromatic rings. The second-order valence-electron chi connectivity index (χ2n) is 19.7. The molecule has 0 unspecified atom stereocenters. The molecule has 8 atom stereocenters. The Labute approximate surface area is 441 Å². The van der Waals surface area contributed by atoms with Crippen LogP contribution in [0.2, 0.25) is 0 Å². The number of phenolic OH excluding ortho intramolecular Hbond substituents is 2. The van der Waals surface area contributed by atoms with Crippen molar-refractivity contribution in [1.29, 1.82) is 0 Å². The second-order valence-corrected chi connectivity index (χ2v) is 19.7. The molecule has 1 aliphatic heterocycles. The zero-order valence-electron chi connectivity index (χ0n) is 43.1. The van der Waals surface area contributed by atoms with Gasteiger partial charge in [-0.2, -0.15) is 0 Å². The fourth-order valence-corrected chi connectivity index (χ4v) is 9.87. The van der Waals surface area contributed by atoms with E-state index in [0.717, 1.165) is 5.56 Å². The summed E-state index contributed by atoms with van der Waals surface area (Å²) in [7, 11) is 1.28. The summed E-state index contributed by atoms with van der Waals surface area (Å²) in [4.78, 5) is 95.9. The highest BCUT2D eigenvalue weighted by Gasteiger charge is 2.50. The fraction of sp³-hybridized carbons (Fsp3) is 0.382. The predicted octanol–water partition coefficient (Wildman–Crippen LogP) is 3.55. The van der Waals surface area contributed by atoms with Gasteiger partial charge in [0.05, 0.1) is 58.9 Å². The summed E-state index contributed by atoms with van der Waals surface area (Å²) in [6, 6.07) is 13.4. The molecule has 3 aliphatic rings. The zero-order valence-corrected chi connectivity index (χ0v) is 43.1. The summed E-state index contributed by atoms with van der Waals surface area (Å²) in [5, 5.41) is 71.2. The Morgan fingerprint density at radius 1 is 0.870 bits per heavy atom. The van der Waals surface area contributed by atoms with E-state index < -0.39 is 137 Å². The van der Waals surface area contributed by atoms with Crippen LogP contribution >= 0.6 is 0 Å². The van der Waals surface area contributed by atoms with Crippen LogP contribution in [0.25, 0.3) is 0 Å². The van der Waals surface area contributed by atoms with Gasteiger partial charge in [-0.3, -0.25) is 33.6 Å². The van der Waals surface area contributed by atoms with Gasteiger partial charge in [-0.1, -0.05) is 49.3 Å². The number of ketones is 3. The lowest BCUT2D eigenvalue weighted by atomic mass is 9.72. The van der Waals surface area contributed by atoms with Crippen molar-refractivity contribution in [3.63, 3.8) is 0 Å². The van der Waals surface area contributed by atoms with Gasteiger partial charge in [0.15, 0.2) is 17.9 Å². The molecule has 22 nitrogen and oxygen atoms in total. The monoisotopic (exact) mass is 1060 g/mol. The third kappa shape index (κ3) is 10.9. The van der Waals surface area contributed by atoms with Crippen molar-refractivity contribution in [1.82, 2.24) is 21.1 Å². The number of aliphatic hydroxyl groups excluding tert-OH is 2. The zero-order chi connectivity index (χ0) is 55.8. The molecular formula is C55H59N5O17. The van der Waals surface area contributed by atoms with E-state index in [9.17, 15) is 59.1 Å². The Balaban J connectivity index is 0.932. The quantitative estimate of drug-likeness (QED) is 0.0590. The van der Waals surface area contributed by atoms with Crippen LogP contribution in [0.1, 0.15) is 127 Å². The number of phenols is 2. The number of hydrogen-bond acceptors (Lipinski definition) is 18. The third-order valence-electron chi connectivity index (χ3n) is 14.1. The number of aromatic nitrogens is 1. The van der Waals surface area contributed by atoms with Crippen LogP contribution in [0.3, 0.4) is 0 Å². The van der Waals surface area contributed by atoms with Crippen LogP contribution < -0.4 is 30.7 Å². The number of anilines is 1. The molecule has 0 bridgehead atoms. The molecule has 406 valence electrons. The van der Waals surface area contributed by atoms with E-state index in [1.54, 1.807) is 64.1 Å². The first-order valence-corrected chi connectivity index (χ1v) is 24.8. The number of para-hydroxylation sites is 1. The lowest BCUT2D eigenvalue weighted by Gasteiger charge is -2.43. The summed E-state index contributed by atoms with van der Waals surface area (Å²) >= 11 is 0. The van der Waals surface area contributed by atoms with E-state index in [2.05, 4.69) is 26.4 Å². The number of benzene rings is 4. The number of amides is 4. The number of carbonyl (C=O) groups excluding carboxylic acids is 7. The van der Waals surface area contributed by atoms with Gasteiger partial charge in [0, 0.05) is 47.2 Å². The standard InChI is InChI=1S/C55H59N5O17/c1-24(2)45(59-52(69)29-12-10-13-30(18-29)57-53(70)31-14-8-9-16-36(31)74-23-34-25(3)60-77-27(34)5)54(71)56-26(4)51(68)58-35-19-40(75-28(6)46(35)63)76-38-21-55(72,39(62)22-61)20-33-42(38)50(67)44-43(48(33)65)47(64)32-15-11-17-37(73-7)41(32)49(44)66/h8-18,24,26,28,35,38,40,45-46,61,63,65,67,72H,19-23H2,1-7H3,(H,56,71)(H,57,70)(H,58,68)(H,59,69)/t26-,28-,35-,38-,40-,45-,46+,55-/m0/s1. The maximum Gasteiger partial charge on any atom is 0.259 e. The molecule has 0 spiro atoms. The van der Waals surface area contributed by atoms with Crippen LogP contribution in [0.5, 0.6) is 23.0 Å². The van der Waals surface area contributed by atoms with Gasteiger partial charge < -0.3 is 70.3 Å². The highest BCUT2D eigenvalue weighted by molar-refractivity contribution is 6.31. The molecule has 8 rings (SSSR count). The number of aromatic hydroxyl groups is 2. The number of nitrogens with one attached hydrogen (secondary N) is 4. The molecular weight excluding hydrogens is 1000 g/mol. The molecule has 4 amide bonds. The van der Waals surface area contributed by atoms with Gasteiger partial charge in [-0.25, -0.2) is 0 Å². The summed E-state index contributed by atoms with van der Waals surface area (Å²) in [5.41, 5.74) is -2.41. The number of hydrogen-bond donors (Lipinski definition) is 9. The van der Waals surface area contributed by atoms with Gasteiger partial charge in [0.2, 0.25) is 17.6 Å². The molecule has 22 heteroatoms. The van der Waals surface area contributed by atoms with E-state index in [1.807, 2.05) is 0 Å². The number of methoxy groups -OCH3 is 1. The molecule has 1 aromatic heterocycles. The average molecular weight is 1060 g/mol. The van der Waals surface area contributed by atoms with Crippen molar-refractivity contribution in [3.8, 4) is 23.0 Å². The van der Waals surface area contributed by atoms with Crippen molar-refractivity contribution >= 4 is 46.7 Å². The van der Waals surface area contributed by atoms with Crippen LogP contribution in [0.15, 0.2) is 71.3 Å². The van der Waals surface area contributed by atoms with E-state index in [1.165, 1.54) is 51.3 Å². The number of ether oxygens (including phenoxy) is 4. The Morgan fingerprint density at radius 2 is 1.57 bits per heavy atom. The summed E-state index contributed by atoms with van der Waals surface area (Å²) in [5.74, 6) is -6.61. The van der Waals surface area contributed by atoms with E-state index in [-0.39, 0.29) is 57.8 Å². The molecule has 1 fully saturated rings. The van der Waals surface area contributed by atoms with Gasteiger partial charge in [0.1, 0.15) is 65.8 Å². The number of Topliss-reactive ketones (excluding diaryl/α,β-unsaturated/α-hetero) is 1. The van der Waals surface area contributed by atoms with E-state index in [4.69, 9.17) is 23.5 Å². The molecule has 2 aliphatic carbocycles. The number of carbonyl (C=O) groups is 7. The molecule has 0 saturated carbocycles. The van der Waals surface area contributed by atoms with Gasteiger partial charge in [0.25, 0.3) is 11.8 Å². The fourth-order valence-electron chi connectivity index (χ4n) is 9.87. The number of nitrogens with zero attached hydrogens (tertiary/aromatic N) is 1. The first kappa shape index (κ1) is 55.2. The third-order valence-corrected chi connectivity index (χ3v) is 14.1. The van der Waals surface area contributed by atoms with Crippen LogP contribution in [0, 0.1) is 19.8 Å². The van der Waals surface area contributed by atoms with Crippen LogP contribution in [-0.2, 0) is 36.9 Å². The lowest BCUT2D eigenvalue weighted by Crippen LogP contribution is -2.59. The number of fused-ring (bicyclic) bond motifs is 3. The lowest BCUT2D eigenvalue weighted by molar-refractivity contribution is -0.249. The summed E-state index contributed by atoms with van der Waals surface area (Å²) < 4.78 is 28.8. The highest BCUT2D eigenvalue weighted by Crippen LogP contribution is 2.52. The second kappa shape index (κ2) is 22.3. The number of aryl methyl sites for hydroxylation is 2. The Bertz CT molecular complexity index is 3170. The first-order chi connectivity index (χ1) is 36.6. The Hall–Kier alpha value is -8.02. The maximum atomic E-state index is 14.1. The van der Waals surface area contributed by atoms with Crippen molar-refractivity contribution < 1.29 is 82.6 Å². The Kier molecular flexibility index (Phi) is 16.0. The molecule has 77 heavy (non-hydrogen) atoms. The molecule has 4 aromatic carbocycles. The molecule has 9 N–H and O–H groups in total. The molecule has 0 radical (unpaired) electrons. The van der Waals surface area contributed by atoms with E-state index >= 15 is 0 Å². The predicted molar refractivity (Wildman–Crippen MR) is 271 cm³/mol. The van der Waals surface area contributed by atoms with Gasteiger partial charge >= 0.3 is 0 Å². The SMILES string of the molecule is COc1cccc2c1C(=O)c1c(O)c3c(c(O)c1C2=O)C[C@@](O)(C(=O)CO)C[C@@H]3O[C@H]1C[C@H](NC(=O)[C@H](C)NC(=O)[C@@H](NC(=O)c2cccc(NC(=O)c3ccccc3OCc3c(C)noc3C)c2)C(C)C)[C@H](O)[C@H](C)O1. The summed E-state index contributed by atoms with van der Waals surface area (Å²) in [6.07, 6.45) is -7.01. The smallest absolute Gasteiger partial charge is 0.259 e. The average Bonchev–Trinajstić information content (AvgIpc) is 3.90. The van der Waals surface area contributed by atoms with Crippen LogP contribution in [-0.4, -0.2) is 128 Å². The number of aliphatic hydroxyl groups is 3. The maximum absolute atomic E-state index is 14.1. The topological polar surface area (TPSA) is 332 Å².